The molecule has 3 aliphatic rings. The van der Waals surface area contributed by atoms with Gasteiger partial charge < -0.3 is 4.74 Å². The van der Waals surface area contributed by atoms with Crippen LogP contribution in [0.2, 0.25) is 0 Å². The largest absolute Gasteiger partial charge is 0.459 e. The van der Waals surface area contributed by atoms with E-state index in [-0.39, 0.29) is 17.5 Å². The lowest BCUT2D eigenvalue weighted by Crippen LogP contribution is -2.43. The monoisotopic (exact) mass is 306 g/mol. The molecule has 3 rings (SSSR count). The number of esters is 1. The van der Waals surface area contributed by atoms with Crippen LogP contribution in [0.5, 0.6) is 0 Å². The molecule has 3 saturated carbocycles. The second-order valence-electron chi connectivity index (χ2n) is 8.77. The molecular formula is C20H34O2. The van der Waals surface area contributed by atoms with Gasteiger partial charge in [-0.25, -0.2) is 0 Å². The van der Waals surface area contributed by atoms with E-state index in [0.29, 0.717) is 5.92 Å². The van der Waals surface area contributed by atoms with Crippen LogP contribution in [0.3, 0.4) is 0 Å². The van der Waals surface area contributed by atoms with Crippen LogP contribution < -0.4 is 0 Å². The van der Waals surface area contributed by atoms with Crippen LogP contribution in [-0.4, -0.2) is 11.6 Å². The highest BCUT2D eigenvalue weighted by molar-refractivity contribution is 5.73. The van der Waals surface area contributed by atoms with Crippen LogP contribution in [0.4, 0.5) is 0 Å². The number of carbonyl (C=O) groups is 1. The van der Waals surface area contributed by atoms with E-state index in [2.05, 4.69) is 6.92 Å². The molecule has 0 bridgehead atoms. The van der Waals surface area contributed by atoms with E-state index in [1.807, 2.05) is 13.8 Å². The Balaban J connectivity index is 1.68. The zero-order chi connectivity index (χ0) is 15.7. The molecule has 22 heavy (non-hydrogen) atoms. The molecule has 5 atom stereocenters. The average molecular weight is 306 g/mol. The number of hydrogen-bond donors (Lipinski definition) is 0. The zero-order valence-corrected chi connectivity index (χ0v) is 14.8. The molecule has 0 saturated heterocycles. The van der Waals surface area contributed by atoms with Gasteiger partial charge in [0, 0.05) is 0 Å². The summed E-state index contributed by atoms with van der Waals surface area (Å²) in [5, 5.41) is 0. The molecule has 3 fully saturated rings. The first-order valence-electron chi connectivity index (χ1n) is 9.73. The van der Waals surface area contributed by atoms with Gasteiger partial charge in [0.25, 0.3) is 0 Å². The molecule has 5 unspecified atom stereocenters. The summed E-state index contributed by atoms with van der Waals surface area (Å²) in [5.74, 6) is 3.59. The van der Waals surface area contributed by atoms with E-state index in [4.69, 9.17) is 4.74 Å². The van der Waals surface area contributed by atoms with E-state index in [9.17, 15) is 4.79 Å². The van der Waals surface area contributed by atoms with Crippen molar-refractivity contribution < 1.29 is 9.53 Å². The van der Waals surface area contributed by atoms with Crippen LogP contribution in [0.15, 0.2) is 0 Å². The summed E-state index contributed by atoms with van der Waals surface area (Å²) >= 11 is 0. The summed E-state index contributed by atoms with van der Waals surface area (Å²) < 4.78 is 5.87. The van der Waals surface area contributed by atoms with Crippen molar-refractivity contribution in [3.05, 3.63) is 0 Å². The molecule has 126 valence electrons. The molecular weight excluding hydrogens is 272 g/mol. The lowest BCUT2D eigenvalue weighted by molar-refractivity contribution is -0.168. The summed E-state index contributed by atoms with van der Waals surface area (Å²) in [6, 6.07) is 0. The molecule has 0 aromatic rings. The Hall–Kier alpha value is -0.530. The number of hydrogen-bond acceptors (Lipinski definition) is 2. The van der Waals surface area contributed by atoms with Gasteiger partial charge >= 0.3 is 5.97 Å². The molecule has 2 nitrogen and oxygen atoms in total. The quantitative estimate of drug-likeness (QED) is 0.657. The maximum Gasteiger partial charge on any atom is 0.309 e. The van der Waals surface area contributed by atoms with Gasteiger partial charge in [-0.3, -0.25) is 4.79 Å². The normalized spacial score (nSPS) is 38.8. The first kappa shape index (κ1) is 16.3. The summed E-state index contributed by atoms with van der Waals surface area (Å²) in [4.78, 5) is 12.8. The minimum Gasteiger partial charge on any atom is -0.459 e. The topological polar surface area (TPSA) is 26.3 Å². The predicted octanol–water partition coefficient (Wildman–Crippen LogP) is 5.35. The SMILES string of the molecule is CCC(C)(C)OC(=O)C1CCCC2CC3CCCCC3CC21. The second-order valence-corrected chi connectivity index (χ2v) is 8.77. The summed E-state index contributed by atoms with van der Waals surface area (Å²) in [7, 11) is 0. The van der Waals surface area contributed by atoms with E-state index in [1.165, 1.54) is 51.4 Å². The van der Waals surface area contributed by atoms with Crippen LogP contribution >= 0.6 is 0 Å². The molecule has 0 N–H and O–H groups in total. The van der Waals surface area contributed by atoms with Gasteiger partial charge in [0.05, 0.1) is 5.92 Å². The van der Waals surface area contributed by atoms with Crippen LogP contribution in [0.1, 0.15) is 85.0 Å². The number of ether oxygens (including phenoxy) is 1. The molecule has 0 spiro atoms. The third-order valence-corrected chi connectivity index (χ3v) is 6.99. The standard InChI is InChI=1S/C20H34O2/c1-4-20(2,3)22-19(21)17-11-7-10-16-12-14-8-5-6-9-15(14)13-18(16)17/h14-18H,4-13H2,1-3H3. The van der Waals surface area contributed by atoms with Gasteiger partial charge in [-0.1, -0.05) is 45.4 Å². The lowest BCUT2D eigenvalue weighted by atomic mass is 9.57. The summed E-state index contributed by atoms with van der Waals surface area (Å²) in [6.07, 6.45) is 13.0. The third kappa shape index (κ3) is 3.36. The Morgan fingerprint density at radius 2 is 1.59 bits per heavy atom. The fourth-order valence-electron chi connectivity index (χ4n) is 5.36. The molecule has 0 aliphatic heterocycles. The molecule has 2 heteroatoms. The highest BCUT2D eigenvalue weighted by atomic mass is 16.6. The van der Waals surface area contributed by atoms with E-state index >= 15 is 0 Å². The number of fused-ring (bicyclic) bond motifs is 2. The van der Waals surface area contributed by atoms with E-state index in [0.717, 1.165) is 30.6 Å². The molecule has 0 amide bonds. The first-order valence-corrected chi connectivity index (χ1v) is 9.73. The average Bonchev–Trinajstić information content (AvgIpc) is 2.51. The Morgan fingerprint density at radius 1 is 0.955 bits per heavy atom. The fraction of sp³-hybridized carbons (Fsp3) is 0.950. The van der Waals surface area contributed by atoms with Crippen molar-refractivity contribution in [2.24, 2.45) is 29.6 Å². The smallest absolute Gasteiger partial charge is 0.309 e. The lowest BCUT2D eigenvalue weighted by Gasteiger charge is -2.48. The predicted molar refractivity (Wildman–Crippen MR) is 89.5 cm³/mol. The molecule has 0 aromatic carbocycles. The highest BCUT2D eigenvalue weighted by Crippen LogP contribution is 2.52. The van der Waals surface area contributed by atoms with Gasteiger partial charge in [0.15, 0.2) is 0 Å². The zero-order valence-electron chi connectivity index (χ0n) is 14.8. The van der Waals surface area contributed by atoms with Crippen molar-refractivity contribution in [2.45, 2.75) is 90.6 Å². The molecule has 0 heterocycles. The van der Waals surface area contributed by atoms with Gasteiger partial charge in [-0.2, -0.15) is 0 Å². The van der Waals surface area contributed by atoms with Crippen LogP contribution in [0.25, 0.3) is 0 Å². The number of rotatable bonds is 3. The minimum atomic E-state index is -0.300. The van der Waals surface area contributed by atoms with E-state index < -0.39 is 0 Å². The van der Waals surface area contributed by atoms with Gasteiger partial charge in [-0.15, -0.1) is 0 Å². The maximum atomic E-state index is 12.8. The van der Waals surface area contributed by atoms with Crippen molar-refractivity contribution in [3.8, 4) is 0 Å². The van der Waals surface area contributed by atoms with Crippen LogP contribution in [-0.2, 0) is 9.53 Å². The Kier molecular flexibility index (Phi) is 4.85. The fourth-order valence-corrected chi connectivity index (χ4v) is 5.36. The van der Waals surface area contributed by atoms with Crippen LogP contribution in [0, 0.1) is 29.6 Å². The van der Waals surface area contributed by atoms with Crippen molar-refractivity contribution in [2.75, 3.05) is 0 Å². The Bertz CT molecular complexity index is 401. The van der Waals surface area contributed by atoms with Crippen molar-refractivity contribution in [1.29, 1.82) is 0 Å². The van der Waals surface area contributed by atoms with Gasteiger partial charge in [0.2, 0.25) is 0 Å². The first-order chi connectivity index (χ1) is 10.5. The third-order valence-electron chi connectivity index (χ3n) is 6.99. The molecule has 0 radical (unpaired) electrons. The van der Waals surface area contributed by atoms with Crippen molar-refractivity contribution in [1.82, 2.24) is 0 Å². The summed E-state index contributed by atoms with van der Waals surface area (Å²) in [5.41, 5.74) is -0.300. The maximum absolute atomic E-state index is 12.8. The van der Waals surface area contributed by atoms with Crippen molar-refractivity contribution in [3.63, 3.8) is 0 Å². The van der Waals surface area contributed by atoms with Crippen molar-refractivity contribution >= 4 is 5.97 Å². The molecule has 3 aliphatic carbocycles. The Labute approximate surface area is 136 Å². The second kappa shape index (κ2) is 6.53. The van der Waals surface area contributed by atoms with E-state index in [1.54, 1.807) is 0 Å². The number of carbonyl (C=O) groups excluding carboxylic acids is 1. The summed E-state index contributed by atoms with van der Waals surface area (Å²) in [6.45, 7) is 6.19. The van der Waals surface area contributed by atoms with Gasteiger partial charge in [-0.05, 0) is 63.2 Å². The minimum absolute atomic E-state index is 0.107. The highest BCUT2D eigenvalue weighted by Gasteiger charge is 2.46. The Morgan fingerprint density at radius 3 is 2.27 bits per heavy atom. The van der Waals surface area contributed by atoms with Gasteiger partial charge in [0.1, 0.15) is 5.60 Å². The molecule has 0 aromatic heterocycles.